The van der Waals surface area contributed by atoms with Crippen LogP contribution in [0.4, 0.5) is 0 Å². The molecule has 2 saturated heterocycles. The molecule has 2 aliphatic rings. The molecule has 2 rings (SSSR count). The smallest absolute Gasteiger partial charge is 0.00175 e. The SMILES string of the molecule is CCCC(CS)CN1CCC(CN2CCCC2)CC1. The molecular weight excluding hydrogens is 252 g/mol. The van der Waals surface area contributed by atoms with E-state index in [1.807, 2.05) is 0 Å². The molecule has 0 aromatic rings. The Labute approximate surface area is 125 Å². The fourth-order valence-corrected chi connectivity index (χ4v) is 3.99. The fraction of sp³-hybridized carbons (Fsp3) is 1.00. The Morgan fingerprint density at radius 2 is 1.74 bits per heavy atom. The van der Waals surface area contributed by atoms with Gasteiger partial charge in [0.2, 0.25) is 0 Å². The molecule has 2 heterocycles. The highest BCUT2D eigenvalue weighted by Crippen LogP contribution is 2.22. The molecule has 0 N–H and O–H groups in total. The molecule has 0 bridgehead atoms. The van der Waals surface area contributed by atoms with Crippen molar-refractivity contribution in [1.29, 1.82) is 0 Å². The number of likely N-dealkylation sites (tertiary alicyclic amines) is 2. The predicted octanol–water partition coefficient (Wildman–Crippen LogP) is 3.14. The lowest BCUT2D eigenvalue weighted by molar-refractivity contribution is 0.139. The Kier molecular flexibility index (Phi) is 7.03. The van der Waals surface area contributed by atoms with Gasteiger partial charge in [-0.1, -0.05) is 13.3 Å². The Hall–Kier alpha value is 0.270. The van der Waals surface area contributed by atoms with Crippen molar-refractivity contribution in [3.05, 3.63) is 0 Å². The summed E-state index contributed by atoms with van der Waals surface area (Å²) in [6.45, 7) is 10.3. The summed E-state index contributed by atoms with van der Waals surface area (Å²) in [4.78, 5) is 5.38. The summed E-state index contributed by atoms with van der Waals surface area (Å²) >= 11 is 4.51. The van der Waals surface area contributed by atoms with Crippen LogP contribution in [0.25, 0.3) is 0 Å². The van der Waals surface area contributed by atoms with E-state index in [2.05, 4.69) is 29.4 Å². The van der Waals surface area contributed by atoms with Crippen LogP contribution in [0.3, 0.4) is 0 Å². The van der Waals surface area contributed by atoms with Crippen molar-refractivity contribution in [2.24, 2.45) is 11.8 Å². The van der Waals surface area contributed by atoms with Gasteiger partial charge < -0.3 is 9.80 Å². The number of thiol groups is 1. The van der Waals surface area contributed by atoms with Crippen LogP contribution in [0.5, 0.6) is 0 Å². The van der Waals surface area contributed by atoms with Crippen molar-refractivity contribution in [2.45, 2.75) is 45.4 Å². The maximum Gasteiger partial charge on any atom is 0.00175 e. The first-order chi connectivity index (χ1) is 9.31. The highest BCUT2D eigenvalue weighted by Gasteiger charge is 2.23. The largest absolute Gasteiger partial charge is 0.303 e. The first kappa shape index (κ1) is 15.7. The van der Waals surface area contributed by atoms with Crippen molar-refractivity contribution in [3.63, 3.8) is 0 Å². The number of hydrogen-bond acceptors (Lipinski definition) is 3. The molecule has 0 radical (unpaired) electrons. The van der Waals surface area contributed by atoms with E-state index in [1.165, 1.54) is 77.8 Å². The van der Waals surface area contributed by atoms with E-state index in [0.717, 1.165) is 17.6 Å². The molecule has 112 valence electrons. The molecule has 0 amide bonds. The normalized spacial score (nSPS) is 24.9. The van der Waals surface area contributed by atoms with Crippen molar-refractivity contribution in [1.82, 2.24) is 9.80 Å². The lowest BCUT2D eigenvalue weighted by atomic mass is 9.95. The number of hydrogen-bond donors (Lipinski definition) is 1. The number of nitrogens with zero attached hydrogens (tertiary/aromatic N) is 2. The maximum absolute atomic E-state index is 4.51. The zero-order valence-corrected chi connectivity index (χ0v) is 13.6. The van der Waals surface area contributed by atoms with Crippen LogP contribution >= 0.6 is 12.6 Å². The third kappa shape index (κ3) is 5.28. The molecule has 2 aliphatic heterocycles. The van der Waals surface area contributed by atoms with E-state index in [-0.39, 0.29) is 0 Å². The minimum atomic E-state index is 0.809. The van der Waals surface area contributed by atoms with Gasteiger partial charge in [0.1, 0.15) is 0 Å². The van der Waals surface area contributed by atoms with Gasteiger partial charge in [-0.3, -0.25) is 0 Å². The van der Waals surface area contributed by atoms with Crippen LogP contribution < -0.4 is 0 Å². The molecular formula is C16H32N2S. The van der Waals surface area contributed by atoms with Gasteiger partial charge in [0.05, 0.1) is 0 Å². The summed E-state index contributed by atoms with van der Waals surface area (Å²) in [5, 5.41) is 0. The second-order valence-corrected chi connectivity index (χ2v) is 6.95. The molecule has 3 heteroatoms. The Morgan fingerprint density at radius 3 is 2.32 bits per heavy atom. The lowest BCUT2D eigenvalue weighted by Gasteiger charge is -2.35. The van der Waals surface area contributed by atoms with Gasteiger partial charge in [0.15, 0.2) is 0 Å². The number of piperidine rings is 1. The molecule has 0 saturated carbocycles. The van der Waals surface area contributed by atoms with Gasteiger partial charge in [0, 0.05) is 13.1 Å². The summed E-state index contributed by atoms with van der Waals surface area (Å²) in [5.74, 6) is 2.83. The monoisotopic (exact) mass is 284 g/mol. The summed E-state index contributed by atoms with van der Waals surface area (Å²) < 4.78 is 0. The Balaban J connectivity index is 1.63. The highest BCUT2D eigenvalue weighted by molar-refractivity contribution is 7.80. The first-order valence-corrected chi connectivity index (χ1v) is 9.00. The van der Waals surface area contributed by atoms with Gasteiger partial charge >= 0.3 is 0 Å². The van der Waals surface area contributed by atoms with E-state index in [9.17, 15) is 0 Å². The topological polar surface area (TPSA) is 6.48 Å². The van der Waals surface area contributed by atoms with Crippen molar-refractivity contribution >= 4 is 12.6 Å². The fourth-order valence-electron chi connectivity index (χ4n) is 3.70. The summed E-state index contributed by atoms with van der Waals surface area (Å²) in [6.07, 6.45) is 8.34. The van der Waals surface area contributed by atoms with Crippen LogP contribution in [-0.4, -0.2) is 54.8 Å². The van der Waals surface area contributed by atoms with Crippen molar-refractivity contribution in [3.8, 4) is 0 Å². The second-order valence-electron chi connectivity index (χ2n) is 6.59. The minimum Gasteiger partial charge on any atom is -0.303 e. The molecule has 2 fully saturated rings. The maximum atomic E-state index is 4.51. The van der Waals surface area contributed by atoms with Gasteiger partial charge in [-0.05, 0) is 75.9 Å². The average molecular weight is 285 g/mol. The van der Waals surface area contributed by atoms with Gasteiger partial charge in [-0.15, -0.1) is 0 Å². The molecule has 0 aliphatic carbocycles. The van der Waals surface area contributed by atoms with Crippen LogP contribution in [0, 0.1) is 11.8 Å². The predicted molar refractivity (Wildman–Crippen MR) is 87.1 cm³/mol. The lowest BCUT2D eigenvalue weighted by Crippen LogP contribution is -2.40. The van der Waals surface area contributed by atoms with Crippen molar-refractivity contribution < 1.29 is 0 Å². The third-order valence-corrected chi connectivity index (χ3v) is 5.41. The molecule has 1 unspecified atom stereocenters. The van der Waals surface area contributed by atoms with Gasteiger partial charge in [0.25, 0.3) is 0 Å². The molecule has 0 aromatic heterocycles. The van der Waals surface area contributed by atoms with E-state index < -0.39 is 0 Å². The number of rotatable bonds is 7. The van der Waals surface area contributed by atoms with Crippen LogP contribution in [0.1, 0.15) is 45.4 Å². The Morgan fingerprint density at radius 1 is 1.05 bits per heavy atom. The molecule has 0 aromatic carbocycles. The minimum absolute atomic E-state index is 0.809. The molecule has 2 nitrogen and oxygen atoms in total. The first-order valence-electron chi connectivity index (χ1n) is 8.37. The summed E-state index contributed by atoms with van der Waals surface area (Å²) in [6, 6.07) is 0. The van der Waals surface area contributed by atoms with Gasteiger partial charge in [-0.2, -0.15) is 12.6 Å². The molecule has 1 atom stereocenters. The van der Waals surface area contributed by atoms with E-state index >= 15 is 0 Å². The quantitative estimate of drug-likeness (QED) is 0.718. The molecule has 0 spiro atoms. The zero-order valence-electron chi connectivity index (χ0n) is 12.7. The Bertz CT molecular complexity index is 233. The highest BCUT2D eigenvalue weighted by atomic mass is 32.1. The van der Waals surface area contributed by atoms with Crippen LogP contribution in [0.15, 0.2) is 0 Å². The van der Waals surface area contributed by atoms with E-state index in [1.54, 1.807) is 0 Å². The van der Waals surface area contributed by atoms with Crippen LogP contribution in [-0.2, 0) is 0 Å². The summed E-state index contributed by atoms with van der Waals surface area (Å²) in [7, 11) is 0. The summed E-state index contributed by atoms with van der Waals surface area (Å²) in [5.41, 5.74) is 0. The van der Waals surface area contributed by atoms with E-state index in [0.29, 0.717) is 0 Å². The molecule has 19 heavy (non-hydrogen) atoms. The second kappa shape index (κ2) is 8.53. The van der Waals surface area contributed by atoms with Crippen LogP contribution in [0.2, 0.25) is 0 Å². The average Bonchev–Trinajstić information content (AvgIpc) is 2.93. The zero-order chi connectivity index (χ0) is 13.5. The standard InChI is InChI=1S/C16H32N2S/c1-2-5-16(14-19)13-18-10-6-15(7-11-18)12-17-8-3-4-9-17/h15-16,19H,2-14H2,1H3. The van der Waals surface area contributed by atoms with Gasteiger partial charge in [-0.25, -0.2) is 0 Å². The van der Waals surface area contributed by atoms with Crippen molar-refractivity contribution in [2.75, 3.05) is 45.0 Å². The third-order valence-electron chi connectivity index (χ3n) is 4.89. The van der Waals surface area contributed by atoms with E-state index in [4.69, 9.17) is 0 Å².